The molecule has 5 nitrogen and oxygen atoms in total. The van der Waals surface area contributed by atoms with Gasteiger partial charge in [0.25, 0.3) is 0 Å². The van der Waals surface area contributed by atoms with E-state index in [9.17, 15) is 4.79 Å². The highest BCUT2D eigenvalue weighted by molar-refractivity contribution is 5.80. The zero-order chi connectivity index (χ0) is 13.0. The van der Waals surface area contributed by atoms with Gasteiger partial charge < -0.3 is 15.3 Å². The lowest BCUT2D eigenvalue weighted by Crippen LogP contribution is -2.29. The molecule has 0 aliphatic carbocycles. The SMILES string of the molecule is CC(C)=CC(=O)O.CCN(CCO)CCO. The number of aliphatic hydroxyl groups excluding tert-OH is 2. The second kappa shape index (κ2) is 12.2. The number of hydrogen-bond acceptors (Lipinski definition) is 4. The first-order chi connectivity index (χ1) is 7.47. The predicted octanol–water partition coefficient (Wildman–Crippen LogP) is 0.330. The van der Waals surface area contributed by atoms with Crippen molar-refractivity contribution in [2.24, 2.45) is 0 Å². The average Bonchev–Trinajstić information content (AvgIpc) is 2.16. The third kappa shape index (κ3) is 15.6. The van der Waals surface area contributed by atoms with Crippen LogP contribution in [0.2, 0.25) is 0 Å². The maximum Gasteiger partial charge on any atom is 0.328 e. The molecule has 0 rings (SSSR count). The fourth-order valence-corrected chi connectivity index (χ4v) is 0.958. The second-order valence-corrected chi connectivity index (χ2v) is 3.44. The summed E-state index contributed by atoms with van der Waals surface area (Å²) in [5.74, 6) is -0.875. The van der Waals surface area contributed by atoms with E-state index in [-0.39, 0.29) is 13.2 Å². The molecule has 96 valence electrons. The molecule has 0 amide bonds. The van der Waals surface area contributed by atoms with Gasteiger partial charge in [0.15, 0.2) is 0 Å². The molecule has 0 radical (unpaired) electrons. The van der Waals surface area contributed by atoms with Crippen molar-refractivity contribution in [3.63, 3.8) is 0 Å². The van der Waals surface area contributed by atoms with Crippen LogP contribution < -0.4 is 0 Å². The van der Waals surface area contributed by atoms with Crippen molar-refractivity contribution in [1.82, 2.24) is 4.90 Å². The Bertz CT molecular complexity index is 194. The van der Waals surface area contributed by atoms with Gasteiger partial charge in [-0.3, -0.25) is 4.90 Å². The van der Waals surface area contributed by atoms with Gasteiger partial charge in [-0.1, -0.05) is 12.5 Å². The molecule has 0 saturated heterocycles. The molecule has 0 aromatic rings. The second-order valence-electron chi connectivity index (χ2n) is 3.44. The van der Waals surface area contributed by atoms with E-state index in [1.165, 1.54) is 6.08 Å². The van der Waals surface area contributed by atoms with Crippen molar-refractivity contribution in [2.45, 2.75) is 20.8 Å². The number of allylic oxidation sites excluding steroid dienone is 1. The quantitative estimate of drug-likeness (QED) is 0.576. The van der Waals surface area contributed by atoms with Crippen LogP contribution >= 0.6 is 0 Å². The molecule has 0 aromatic carbocycles. The van der Waals surface area contributed by atoms with Gasteiger partial charge in [0.1, 0.15) is 0 Å². The Kier molecular flexibility index (Phi) is 13.3. The summed E-state index contributed by atoms with van der Waals surface area (Å²) < 4.78 is 0. The summed E-state index contributed by atoms with van der Waals surface area (Å²) in [6.07, 6.45) is 1.17. The molecule has 0 heterocycles. The van der Waals surface area contributed by atoms with Crippen LogP contribution in [0, 0.1) is 0 Å². The third-order valence-electron chi connectivity index (χ3n) is 1.69. The predicted molar refractivity (Wildman–Crippen MR) is 63.4 cm³/mol. The number of aliphatic carboxylic acids is 1. The standard InChI is InChI=1S/C6H15NO2.C5H8O2/c1-2-7(3-5-8)4-6-9;1-4(2)3-5(6)7/h8-9H,2-6H2,1H3;3H,1-2H3,(H,6,7). The molecule has 0 bridgehead atoms. The summed E-state index contributed by atoms with van der Waals surface area (Å²) in [7, 11) is 0. The first-order valence-corrected chi connectivity index (χ1v) is 5.29. The van der Waals surface area contributed by atoms with Gasteiger partial charge in [0.2, 0.25) is 0 Å². The van der Waals surface area contributed by atoms with Gasteiger partial charge in [-0.25, -0.2) is 4.79 Å². The molecule has 0 spiro atoms. The van der Waals surface area contributed by atoms with Crippen molar-refractivity contribution < 1.29 is 20.1 Å². The molecule has 3 N–H and O–H groups in total. The molecule has 5 heteroatoms. The van der Waals surface area contributed by atoms with Gasteiger partial charge in [-0.05, 0) is 20.4 Å². The number of rotatable bonds is 6. The summed E-state index contributed by atoms with van der Waals surface area (Å²) in [6.45, 7) is 8.06. The van der Waals surface area contributed by atoms with Crippen LogP contribution in [-0.4, -0.2) is 59.0 Å². The number of likely N-dealkylation sites (N-methyl/N-ethyl adjacent to an activating group) is 1. The smallest absolute Gasteiger partial charge is 0.328 e. The first-order valence-electron chi connectivity index (χ1n) is 5.29. The van der Waals surface area contributed by atoms with E-state index in [1.54, 1.807) is 13.8 Å². The van der Waals surface area contributed by atoms with Crippen LogP contribution in [-0.2, 0) is 4.79 Å². The van der Waals surface area contributed by atoms with E-state index in [4.69, 9.17) is 15.3 Å². The van der Waals surface area contributed by atoms with Crippen molar-refractivity contribution in [3.05, 3.63) is 11.6 Å². The highest BCUT2D eigenvalue weighted by Crippen LogP contribution is 1.85. The van der Waals surface area contributed by atoms with E-state index >= 15 is 0 Å². The molecule has 0 atom stereocenters. The van der Waals surface area contributed by atoms with Gasteiger partial charge in [0.05, 0.1) is 13.2 Å². The van der Waals surface area contributed by atoms with E-state index in [0.717, 1.165) is 12.1 Å². The van der Waals surface area contributed by atoms with Gasteiger partial charge in [-0.2, -0.15) is 0 Å². The van der Waals surface area contributed by atoms with E-state index < -0.39 is 5.97 Å². The Morgan fingerprint density at radius 3 is 1.75 bits per heavy atom. The molecular formula is C11H23NO4. The van der Waals surface area contributed by atoms with Gasteiger partial charge >= 0.3 is 5.97 Å². The van der Waals surface area contributed by atoms with Crippen molar-refractivity contribution in [3.8, 4) is 0 Å². The summed E-state index contributed by atoms with van der Waals surface area (Å²) in [5, 5.41) is 24.9. The van der Waals surface area contributed by atoms with Crippen LogP contribution in [0.1, 0.15) is 20.8 Å². The van der Waals surface area contributed by atoms with Crippen molar-refractivity contribution in [1.29, 1.82) is 0 Å². The van der Waals surface area contributed by atoms with Crippen molar-refractivity contribution >= 4 is 5.97 Å². The van der Waals surface area contributed by atoms with E-state index in [0.29, 0.717) is 13.1 Å². The van der Waals surface area contributed by atoms with Crippen LogP contribution in [0.25, 0.3) is 0 Å². The Labute approximate surface area is 97.0 Å². The van der Waals surface area contributed by atoms with Crippen LogP contribution in [0.15, 0.2) is 11.6 Å². The maximum absolute atomic E-state index is 9.73. The fraction of sp³-hybridized carbons (Fsp3) is 0.727. The minimum absolute atomic E-state index is 0.174. The number of hydrogen-bond donors (Lipinski definition) is 3. The Balaban J connectivity index is 0. The normalized spacial score (nSPS) is 9.38. The zero-order valence-corrected chi connectivity index (χ0v) is 10.3. The summed E-state index contributed by atoms with van der Waals surface area (Å²) in [6, 6.07) is 0. The Morgan fingerprint density at radius 1 is 1.19 bits per heavy atom. The summed E-state index contributed by atoms with van der Waals surface area (Å²) in [5.41, 5.74) is 0.813. The van der Waals surface area contributed by atoms with Crippen LogP contribution in [0.5, 0.6) is 0 Å². The molecule has 0 aliphatic heterocycles. The monoisotopic (exact) mass is 233 g/mol. The number of carboxylic acid groups (broad SMARTS) is 1. The molecule has 0 fully saturated rings. The fourth-order valence-electron chi connectivity index (χ4n) is 0.958. The van der Waals surface area contributed by atoms with Crippen LogP contribution in [0.4, 0.5) is 0 Å². The molecular weight excluding hydrogens is 210 g/mol. The van der Waals surface area contributed by atoms with Gasteiger partial charge in [0, 0.05) is 19.2 Å². The largest absolute Gasteiger partial charge is 0.478 e. The number of nitrogens with zero attached hydrogens (tertiary/aromatic N) is 1. The van der Waals surface area contributed by atoms with Crippen LogP contribution in [0.3, 0.4) is 0 Å². The molecule has 16 heavy (non-hydrogen) atoms. The lowest BCUT2D eigenvalue weighted by Gasteiger charge is -2.16. The summed E-state index contributed by atoms with van der Waals surface area (Å²) >= 11 is 0. The molecule has 0 saturated carbocycles. The number of carboxylic acids is 1. The Hall–Kier alpha value is -0.910. The highest BCUT2D eigenvalue weighted by atomic mass is 16.4. The number of carbonyl (C=O) groups is 1. The topological polar surface area (TPSA) is 81.0 Å². The first kappa shape index (κ1) is 17.5. The minimum Gasteiger partial charge on any atom is -0.478 e. The van der Waals surface area contributed by atoms with Crippen molar-refractivity contribution in [2.75, 3.05) is 32.8 Å². The lowest BCUT2D eigenvalue weighted by atomic mass is 10.3. The Morgan fingerprint density at radius 2 is 1.62 bits per heavy atom. The zero-order valence-electron chi connectivity index (χ0n) is 10.3. The molecule has 0 unspecified atom stereocenters. The molecule has 0 aliphatic rings. The average molecular weight is 233 g/mol. The van der Waals surface area contributed by atoms with Gasteiger partial charge in [-0.15, -0.1) is 0 Å². The summed E-state index contributed by atoms with van der Waals surface area (Å²) in [4.78, 5) is 11.7. The third-order valence-corrected chi connectivity index (χ3v) is 1.69. The highest BCUT2D eigenvalue weighted by Gasteiger charge is 1.97. The maximum atomic E-state index is 9.73. The van der Waals surface area contributed by atoms with E-state index in [1.807, 2.05) is 11.8 Å². The molecule has 0 aromatic heterocycles. The van der Waals surface area contributed by atoms with E-state index in [2.05, 4.69) is 0 Å². The minimum atomic E-state index is -0.875. The number of aliphatic hydroxyl groups is 2. The lowest BCUT2D eigenvalue weighted by molar-refractivity contribution is -0.131.